The van der Waals surface area contributed by atoms with Gasteiger partial charge in [-0.25, -0.2) is 20.2 Å². The first-order valence-corrected chi connectivity index (χ1v) is 11.6. The van der Waals surface area contributed by atoms with Gasteiger partial charge in [-0.3, -0.25) is 4.79 Å². The minimum atomic E-state index is -5.01. The van der Waals surface area contributed by atoms with Crippen LogP contribution in [0.4, 0.5) is 26.3 Å². The van der Waals surface area contributed by atoms with Crippen molar-refractivity contribution >= 4 is 46.3 Å². The van der Waals surface area contributed by atoms with Crippen LogP contribution in [0.15, 0.2) is 57.9 Å². The first-order valence-electron chi connectivity index (χ1n) is 10.3. The molecule has 3 aromatic rings. The lowest BCUT2D eigenvalue weighted by atomic mass is 10.0. The number of alkyl halides is 6. The number of nitrogens with zero attached hydrogens (tertiary/aromatic N) is 2. The van der Waals surface area contributed by atoms with Crippen molar-refractivity contribution in [2.24, 2.45) is 0 Å². The highest BCUT2D eigenvalue weighted by atomic mass is 32.2. The molecule has 1 fully saturated rings. The molecular formula is C23H13F6N3O4S2. The number of nitrogens with one attached hydrogen (secondary N) is 1. The maximum absolute atomic E-state index is 13.2. The fraction of sp³-hybridized carbons (Fsp3) is 0.130. The number of rotatable bonds is 6. The smallest absolute Gasteiger partial charge is 0.416 e. The van der Waals surface area contributed by atoms with Gasteiger partial charge in [0.2, 0.25) is 5.76 Å². The van der Waals surface area contributed by atoms with Gasteiger partial charge < -0.3 is 9.52 Å². The van der Waals surface area contributed by atoms with E-state index in [0.717, 1.165) is 16.8 Å². The molecule has 1 aromatic carbocycles. The zero-order valence-electron chi connectivity index (χ0n) is 18.6. The third-order valence-electron chi connectivity index (χ3n) is 5.01. The maximum Gasteiger partial charge on any atom is 0.416 e. The first-order chi connectivity index (χ1) is 17.7. The SMILES string of the molecule is O=C(O)c1ccc(CNN2C(=O)C(=Cc3cccc(-c4cc(C(F)(F)F)cc(C(F)(F)F)c4)n3)SC2=S)o1. The van der Waals surface area contributed by atoms with Gasteiger partial charge in [0.05, 0.1) is 34.0 Å². The second-order valence-corrected chi connectivity index (χ2v) is 9.34. The maximum atomic E-state index is 13.2. The van der Waals surface area contributed by atoms with E-state index in [1.54, 1.807) is 0 Å². The Kier molecular flexibility index (Phi) is 7.36. The summed E-state index contributed by atoms with van der Waals surface area (Å²) in [5, 5.41) is 9.93. The Labute approximate surface area is 219 Å². The summed E-state index contributed by atoms with van der Waals surface area (Å²) in [5.41, 5.74) is -0.740. The van der Waals surface area contributed by atoms with Crippen molar-refractivity contribution in [1.82, 2.24) is 15.4 Å². The van der Waals surface area contributed by atoms with Crippen LogP contribution in [0.2, 0.25) is 0 Å². The highest BCUT2D eigenvalue weighted by Crippen LogP contribution is 2.38. The first kappa shape index (κ1) is 27.3. The van der Waals surface area contributed by atoms with Crippen molar-refractivity contribution in [2.45, 2.75) is 18.9 Å². The van der Waals surface area contributed by atoms with E-state index in [2.05, 4.69) is 10.4 Å². The van der Waals surface area contributed by atoms with Crippen LogP contribution in [0, 0.1) is 0 Å². The largest absolute Gasteiger partial charge is 0.475 e. The van der Waals surface area contributed by atoms with Gasteiger partial charge in [-0.2, -0.15) is 26.3 Å². The molecule has 7 nitrogen and oxygen atoms in total. The molecule has 4 rings (SSSR count). The predicted octanol–water partition coefficient (Wildman–Crippen LogP) is 5.98. The van der Waals surface area contributed by atoms with Crippen molar-refractivity contribution < 1.29 is 45.5 Å². The van der Waals surface area contributed by atoms with E-state index in [9.17, 15) is 35.9 Å². The summed E-state index contributed by atoms with van der Waals surface area (Å²) < 4.78 is 84.6. The molecule has 0 bridgehead atoms. The molecule has 1 saturated heterocycles. The monoisotopic (exact) mass is 573 g/mol. The van der Waals surface area contributed by atoms with Crippen molar-refractivity contribution in [3.8, 4) is 11.3 Å². The molecule has 0 saturated carbocycles. The van der Waals surface area contributed by atoms with E-state index < -0.39 is 40.9 Å². The summed E-state index contributed by atoms with van der Waals surface area (Å²) in [6.07, 6.45) is -8.74. The number of hydrogen-bond acceptors (Lipinski definition) is 7. The molecule has 0 spiro atoms. The molecule has 0 radical (unpaired) electrons. The van der Waals surface area contributed by atoms with Gasteiger partial charge in [0.1, 0.15) is 5.76 Å². The zero-order chi connectivity index (χ0) is 27.8. The van der Waals surface area contributed by atoms with E-state index in [-0.39, 0.29) is 44.7 Å². The predicted molar refractivity (Wildman–Crippen MR) is 127 cm³/mol. The van der Waals surface area contributed by atoms with Gasteiger partial charge in [-0.1, -0.05) is 30.0 Å². The molecule has 1 aliphatic heterocycles. The van der Waals surface area contributed by atoms with Crippen molar-refractivity contribution in [1.29, 1.82) is 0 Å². The van der Waals surface area contributed by atoms with Gasteiger partial charge in [0.25, 0.3) is 5.91 Å². The summed E-state index contributed by atoms with van der Waals surface area (Å²) in [4.78, 5) is 27.9. The van der Waals surface area contributed by atoms with Gasteiger partial charge in [0.15, 0.2) is 4.32 Å². The fourth-order valence-electron chi connectivity index (χ4n) is 3.28. The number of aromatic nitrogens is 1. The molecule has 0 atom stereocenters. The van der Waals surface area contributed by atoms with Crippen molar-refractivity contribution in [3.63, 3.8) is 0 Å². The Hall–Kier alpha value is -3.69. The lowest BCUT2D eigenvalue weighted by Crippen LogP contribution is -2.40. The zero-order valence-corrected chi connectivity index (χ0v) is 20.2. The Morgan fingerprint density at radius 3 is 2.32 bits per heavy atom. The summed E-state index contributed by atoms with van der Waals surface area (Å²) in [5.74, 6) is -1.94. The van der Waals surface area contributed by atoms with Crippen LogP contribution in [0.1, 0.15) is 33.1 Å². The number of furan rings is 1. The molecule has 0 aliphatic carbocycles. The van der Waals surface area contributed by atoms with Gasteiger partial charge in [-0.15, -0.1) is 0 Å². The number of thiocarbonyl (C=S) groups is 1. The summed E-state index contributed by atoms with van der Waals surface area (Å²) in [7, 11) is 0. The Morgan fingerprint density at radius 2 is 1.74 bits per heavy atom. The third kappa shape index (κ3) is 6.06. The minimum absolute atomic E-state index is 0.0247. The number of carbonyl (C=O) groups is 2. The number of carboxylic acid groups (broad SMARTS) is 1. The number of carbonyl (C=O) groups excluding carboxylic acids is 1. The summed E-state index contributed by atoms with van der Waals surface area (Å²) in [6, 6.07) is 7.83. The number of thioether (sulfide) groups is 1. The number of benzene rings is 1. The molecular weight excluding hydrogens is 560 g/mol. The second-order valence-electron chi connectivity index (χ2n) is 7.67. The molecule has 15 heteroatoms. The lowest BCUT2D eigenvalue weighted by Gasteiger charge is -2.14. The number of hydrogen-bond donors (Lipinski definition) is 2. The molecule has 2 N–H and O–H groups in total. The molecule has 2 aromatic heterocycles. The van der Waals surface area contributed by atoms with Crippen LogP contribution >= 0.6 is 24.0 Å². The molecule has 198 valence electrons. The standard InChI is InChI=1S/C23H13F6N3O4S2/c24-22(25,26)12-6-11(7-13(8-12)23(27,28)29)16-3-1-2-14(31-16)9-18-19(33)32(21(37)38-18)30-10-15-4-5-17(36-15)20(34)35/h1-9,30H,10H2,(H,34,35). The van der Waals surface area contributed by atoms with E-state index in [1.807, 2.05) is 0 Å². The highest BCUT2D eigenvalue weighted by molar-refractivity contribution is 8.26. The lowest BCUT2D eigenvalue weighted by molar-refractivity contribution is -0.143. The molecule has 1 aliphatic rings. The van der Waals surface area contributed by atoms with E-state index in [1.165, 1.54) is 36.4 Å². The number of pyridine rings is 1. The van der Waals surface area contributed by atoms with Crippen LogP contribution in [0.5, 0.6) is 0 Å². The van der Waals surface area contributed by atoms with Gasteiger partial charge in [-0.05, 0) is 48.5 Å². The van der Waals surface area contributed by atoms with Gasteiger partial charge >= 0.3 is 18.3 Å². The van der Waals surface area contributed by atoms with Crippen LogP contribution in [-0.4, -0.2) is 31.3 Å². The number of carboxylic acids is 1. The Bertz CT molecular complexity index is 1430. The van der Waals surface area contributed by atoms with Crippen LogP contribution in [-0.2, 0) is 23.7 Å². The average Bonchev–Trinajstić information content (AvgIpc) is 3.41. The second kappa shape index (κ2) is 10.2. The van der Waals surface area contributed by atoms with Crippen molar-refractivity contribution in [3.05, 3.63) is 81.8 Å². The van der Waals surface area contributed by atoms with E-state index in [0.29, 0.717) is 12.1 Å². The number of amides is 1. The van der Waals surface area contributed by atoms with Crippen LogP contribution < -0.4 is 5.43 Å². The Morgan fingerprint density at radius 1 is 1.08 bits per heavy atom. The van der Waals surface area contributed by atoms with Crippen LogP contribution in [0.25, 0.3) is 17.3 Å². The normalized spacial score (nSPS) is 15.5. The van der Waals surface area contributed by atoms with Crippen molar-refractivity contribution in [2.75, 3.05) is 0 Å². The number of halogens is 6. The number of hydrazine groups is 1. The fourth-order valence-corrected chi connectivity index (χ4v) is 4.48. The summed E-state index contributed by atoms with van der Waals surface area (Å²) >= 11 is 6.06. The minimum Gasteiger partial charge on any atom is -0.475 e. The van der Waals surface area contributed by atoms with Gasteiger partial charge in [0, 0.05) is 5.56 Å². The highest BCUT2D eigenvalue weighted by Gasteiger charge is 2.37. The molecule has 0 unspecified atom stereocenters. The van der Waals surface area contributed by atoms with Crippen LogP contribution in [0.3, 0.4) is 0 Å². The Balaban J connectivity index is 1.58. The number of aromatic carboxylic acids is 1. The topological polar surface area (TPSA) is 95.7 Å². The van der Waals surface area contributed by atoms with E-state index >= 15 is 0 Å². The molecule has 3 heterocycles. The quantitative estimate of drug-likeness (QED) is 0.211. The van der Waals surface area contributed by atoms with E-state index in [4.69, 9.17) is 21.7 Å². The molecule has 1 amide bonds. The average molecular weight is 573 g/mol. The summed E-state index contributed by atoms with van der Waals surface area (Å²) in [6.45, 7) is -0.0716. The molecule has 38 heavy (non-hydrogen) atoms. The third-order valence-corrected chi connectivity index (χ3v) is 6.31.